The van der Waals surface area contributed by atoms with Gasteiger partial charge in [0.05, 0.1) is 6.54 Å². The fourth-order valence-corrected chi connectivity index (χ4v) is 5.47. The van der Waals surface area contributed by atoms with Gasteiger partial charge in [-0.2, -0.15) is 0 Å². The van der Waals surface area contributed by atoms with Crippen LogP contribution in [0.25, 0.3) is 0 Å². The van der Waals surface area contributed by atoms with E-state index in [-0.39, 0.29) is 18.4 Å². The van der Waals surface area contributed by atoms with Crippen molar-refractivity contribution in [3.8, 4) is 0 Å². The van der Waals surface area contributed by atoms with Crippen molar-refractivity contribution in [3.63, 3.8) is 0 Å². The van der Waals surface area contributed by atoms with Gasteiger partial charge in [0.25, 0.3) is 5.91 Å². The van der Waals surface area contributed by atoms with Crippen LogP contribution in [0.15, 0.2) is 48.5 Å². The maximum Gasteiger partial charge on any atom is 0.252 e. The van der Waals surface area contributed by atoms with E-state index >= 15 is 0 Å². The maximum absolute atomic E-state index is 13.6. The van der Waals surface area contributed by atoms with Crippen LogP contribution in [-0.2, 0) is 27.4 Å². The summed E-state index contributed by atoms with van der Waals surface area (Å²) in [7, 11) is 3.67. The van der Waals surface area contributed by atoms with Gasteiger partial charge in [-0.3, -0.25) is 19.4 Å². The number of methoxy groups -OCH3 is 1. The summed E-state index contributed by atoms with van der Waals surface area (Å²) in [6, 6.07) is 16.0. The predicted octanol–water partition coefficient (Wildman–Crippen LogP) is 3.19. The van der Waals surface area contributed by atoms with Crippen molar-refractivity contribution in [2.75, 3.05) is 84.6 Å². The lowest BCUT2D eigenvalue weighted by atomic mass is 10.1. The normalized spacial score (nSPS) is 18.7. The Hall–Kier alpha value is -2.49. The third-order valence-corrected chi connectivity index (χ3v) is 7.85. The van der Waals surface area contributed by atoms with Crippen LogP contribution in [0.3, 0.4) is 0 Å². The van der Waals surface area contributed by atoms with E-state index < -0.39 is 0 Å². The number of rotatable bonds is 6. The number of carbonyl (C=O) groups excluding carboxylic acids is 2. The molecule has 2 aromatic rings. The van der Waals surface area contributed by atoms with E-state index in [1.165, 1.54) is 5.56 Å². The summed E-state index contributed by atoms with van der Waals surface area (Å²) in [5.41, 5.74) is 3.06. The monoisotopic (exact) mass is 555 g/mol. The van der Waals surface area contributed by atoms with Crippen LogP contribution in [0.2, 0.25) is 5.02 Å². The Morgan fingerprint density at radius 1 is 0.821 bits per heavy atom. The van der Waals surface area contributed by atoms with Gasteiger partial charge >= 0.3 is 0 Å². The molecule has 1 saturated heterocycles. The number of piperazine rings is 1. The Bertz CT molecular complexity index is 1070. The first-order chi connectivity index (χ1) is 18.9. The highest BCUT2D eigenvalue weighted by molar-refractivity contribution is 6.30. The van der Waals surface area contributed by atoms with E-state index in [0.29, 0.717) is 26.2 Å². The van der Waals surface area contributed by atoms with Gasteiger partial charge in [-0.15, -0.1) is 0 Å². The molecular weight excluding hydrogens is 514 g/mol. The molecule has 0 bridgehead atoms. The topological polar surface area (TPSA) is 59.6 Å². The van der Waals surface area contributed by atoms with Crippen LogP contribution in [0.1, 0.15) is 24.0 Å². The van der Waals surface area contributed by atoms with Crippen LogP contribution in [0.4, 0.5) is 5.69 Å². The summed E-state index contributed by atoms with van der Waals surface area (Å²) >= 11 is 6.11. The lowest BCUT2D eigenvalue weighted by Crippen LogP contribution is -2.49. The van der Waals surface area contributed by atoms with Crippen molar-refractivity contribution in [1.82, 2.24) is 19.6 Å². The number of ether oxygens (including phenoxy) is 1. The highest BCUT2D eigenvalue weighted by atomic mass is 35.5. The average molecular weight is 556 g/mol. The Balaban J connectivity index is 1.56. The first-order valence-electron chi connectivity index (χ1n) is 14.0. The van der Waals surface area contributed by atoms with Gasteiger partial charge in [-0.1, -0.05) is 41.9 Å². The molecule has 0 saturated carbocycles. The minimum atomic E-state index is -0.0680. The summed E-state index contributed by atoms with van der Waals surface area (Å²) in [6.07, 6.45) is 1.72. The third kappa shape index (κ3) is 8.75. The second-order valence-corrected chi connectivity index (χ2v) is 11.0. The number of likely N-dealkylation sites (N-methyl/N-ethyl adjacent to an activating group) is 1. The third-order valence-electron chi connectivity index (χ3n) is 7.60. The fourth-order valence-electron chi connectivity index (χ4n) is 5.34. The molecule has 0 spiro atoms. The van der Waals surface area contributed by atoms with Gasteiger partial charge in [-0.05, 0) is 49.2 Å². The quantitative estimate of drug-likeness (QED) is 0.546. The first-order valence-corrected chi connectivity index (χ1v) is 14.3. The van der Waals surface area contributed by atoms with Gasteiger partial charge in [0.2, 0.25) is 5.91 Å². The Morgan fingerprint density at radius 2 is 1.51 bits per heavy atom. The number of benzene rings is 2. The van der Waals surface area contributed by atoms with E-state index in [2.05, 4.69) is 33.9 Å². The van der Waals surface area contributed by atoms with Crippen LogP contribution in [0, 0.1) is 0 Å². The highest BCUT2D eigenvalue weighted by Crippen LogP contribution is 2.24. The van der Waals surface area contributed by atoms with Gasteiger partial charge in [-0.25, -0.2) is 0 Å². The van der Waals surface area contributed by atoms with Crippen molar-refractivity contribution in [3.05, 3.63) is 64.7 Å². The fraction of sp³-hybridized carbons (Fsp3) is 0.533. The standard InChI is InChI=1S/C30H42ClN5O3/c1-32-17-19-34(20-18-32)23-29(37)35-15-5-13-33(21-25-9-11-27(31)12-10-25)14-6-16-36(30(38)24-39-2)28-8-4-3-7-26(28)22-35/h3-4,7-12H,5-6,13-24H2,1-2H3. The lowest BCUT2D eigenvalue weighted by Gasteiger charge is -2.35. The predicted molar refractivity (Wildman–Crippen MR) is 156 cm³/mol. The number of fused-ring (bicyclic) bond motifs is 1. The second-order valence-electron chi connectivity index (χ2n) is 10.6. The van der Waals surface area contributed by atoms with Gasteiger partial charge in [0.15, 0.2) is 0 Å². The number of anilines is 1. The molecule has 0 aliphatic carbocycles. The van der Waals surface area contributed by atoms with Gasteiger partial charge < -0.3 is 19.4 Å². The molecule has 2 aromatic carbocycles. The highest BCUT2D eigenvalue weighted by Gasteiger charge is 2.25. The molecule has 0 N–H and O–H groups in total. The second kappa shape index (κ2) is 14.8. The maximum atomic E-state index is 13.6. The van der Waals surface area contributed by atoms with Crippen LogP contribution in [-0.4, -0.2) is 111 Å². The molecule has 212 valence electrons. The van der Waals surface area contributed by atoms with Crippen molar-refractivity contribution in [2.45, 2.75) is 25.9 Å². The minimum absolute atomic E-state index is 0.0227. The smallest absolute Gasteiger partial charge is 0.252 e. The Morgan fingerprint density at radius 3 is 2.23 bits per heavy atom. The molecule has 0 unspecified atom stereocenters. The molecule has 9 heteroatoms. The SMILES string of the molecule is COCC(=O)N1CCCN(Cc2ccc(Cl)cc2)CCCN(C(=O)CN2CCN(C)CC2)Cc2ccccc21. The molecule has 0 radical (unpaired) electrons. The zero-order chi connectivity index (χ0) is 27.6. The van der Waals surface area contributed by atoms with Crippen molar-refractivity contribution in [2.24, 2.45) is 0 Å². The van der Waals surface area contributed by atoms with E-state index in [4.69, 9.17) is 16.3 Å². The van der Waals surface area contributed by atoms with E-state index in [0.717, 1.165) is 74.9 Å². The van der Waals surface area contributed by atoms with Crippen LogP contribution >= 0.6 is 11.6 Å². The molecule has 39 heavy (non-hydrogen) atoms. The average Bonchev–Trinajstić information content (AvgIpc) is 2.92. The number of hydrogen-bond acceptors (Lipinski definition) is 6. The van der Waals surface area contributed by atoms with E-state index in [9.17, 15) is 9.59 Å². The number of para-hydroxylation sites is 1. The summed E-state index contributed by atoms with van der Waals surface area (Å²) in [6.45, 7) is 8.47. The van der Waals surface area contributed by atoms with Crippen molar-refractivity contribution < 1.29 is 14.3 Å². The largest absolute Gasteiger partial charge is 0.375 e. The van der Waals surface area contributed by atoms with Crippen LogP contribution < -0.4 is 4.90 Å². The summed E-state index contributed by atoms with van der Waals surface area (Å²) in [4.78, 5) is 37.6. The van der Waals surface area contributed by atoms with E-state index in [1.807, 2.05) is 46.2 Å². The molecule has 2 amide bonds. The Labute approximate surface area is 238 Å². The number of nitrogens with zero attached hydrogens (tertiary/aromatic N) is 5. The zero-order valence-corrected chi connectivity index (χ0v) is 24.1. The summed E-state index contributed by atoms with van der Waals surface area (Å²) in [5.74, 6) is 0.0759. The molecule has 8 nitrogen and oxygen atoms in total. The molecule has 1 fully saturated rings. The number of carbonyl (C=O) groups is 2. The van der Waals surface area contributed by atoms with Gasteiger partial charge in [0, 0.05) is 83.3 Å². The molecule has 2 aliphatic heterocycles. The molecule has 4 rings (SSSR count). The van der Waals surface area contributed by atoms with Gasteiger partial charge in [0.1, 0.15) is 6.61 Å². The van der Waals surface area contributed by atoms with Crippen molar-refractivity contribution >= 4 is 29.1 Å². The van der Waals surface area contributed by atoms with Crippen LogP contribution in [0.5, 0.6) is 0 Å². The molecule has 2 heterocycles. The minimum Gasteiger partial charge on any atom is -0.375 e. The molecular formula is C30H42ClN5O3. The molecule has 0 aromatic heterocycles. The van der Waals surface area contributed by atoms with Crippen molar-refractivity contribution in [1.29, 1.82) is 0 Å². The summed E-state index contributed by atoms with van der Waals surface area (Å²) < 4.78 is 5.22. The lowest BCUT2D eigenvalue weighted by molar-refractivity contribution is -0.133. The number of halogens is 1. The van der Waals surface area contributed by atoms with E-state index in [1.54, 1.807) is 7.11 Å². The first kappa shape index (κ1) is 29.5. The molecule has 0 atom stereocenters. The Kier molecular flexibility index (Phi) is 11.2. The number of hydrogen-bond donors (Lipinski definition) is 0. The molecule has 2 aliphatic rings. The summed E-state index contributed by atoms with van der Waals surface area (Å²) in [5, 5.41) is 0.730. The zero-order valence-electron chi connectivity index (χ0n) is 23.4. The number of amides is 2.